The number of aliphatic imine (C=N–C) groups is 1. The molecule has 1 aromatic rings. The van der Waals surface area contributed by atoms with Crippen molar-refractivity contribution in [2.45, 2.75) is 46.3 Å². The first-order chi connectivity index (χ1) is 10.7. The molecule has 0 spiro atoms. The maximum Gasteiger partial charge on any atom is 0.194 e. The first-order valence-corrected chi connectivity index (χ1v) is 8.38. The van der Waals surface area contributed by atoms with Crippen LogP contribution in [0.3, 0.4) is 0 Å². The molecule has 136 valence electrons. The van der Waals surface area contributed by atoms with E-state index in [-0.39, 0.29) is 29.5 Å². The van der Waals surface area contributed by atoms with Gasteiger partial charge >= 0.3 is 0 Å². The Kier molecular flexibility index (Phi) is 7.11. The Morgan fingerprint density at radius 2 is 1.83 bits per heavy atom. The van der Waals surface area contributed by atoms with Crippen molar-refractivity contribution in [2.75, 3.05) is 27.7 Å². The first-order valence-electron chi connectivity index (χ1n) is 8.38. The quantitative estimate of drug-likeness (QED) is 0.438. The van der Waals surface area contributed by atoms with Crippen molar-refractivity contribution < 1.29 is 0 Å². The monoisotopic (exact) mass is 444 g/mol. The summed E-state index contributed by atoms with van der Waals surface area (Å²) in [4.78, 5) is 9.04. The van der Waals surface area contributed by atoms with Crippen LogP contribution in [0.5, 0.6) is 0 Å². The summed E-state index contributed by atoms with van der Waals surface area (Å²) in [5, 5.41) is 3.52. The van der Waals surface area contributed by atoms with Crippen molar-refractivity contribution in [2.24, 2.45) is 10.4 Å². The standard InChI is InChI=1S/C19H32N4.HI/c1-18(2)14-23(19(18,3)4)17(20-5)21-12-15-9-8-10-16(11-15)13-22(6)7;/h8-11H,12-14H2,1-7H3,(H,20,21);1H. The van der Waals surface area contributed by atoms with E-state index in [1.807, 2.05) is 7.05 Å². The summed E-state index contributed by atoms with van der Waals surface area (Å²) < 4.78 is 0. The Bertz CT molecular complexity index is 578. The van der Waals surface area contributed by atoms with Crippen LogP contribution in [0.1, 0.15) is 38.8 Å². The predicted octanol–water partition coefficient (Wildman–Crippen LogP) is 3.56. The molecule has 1 saturated heterocycles. The Labute approximate surface area is 164 Å². The van der Waals surface area contributed by atoms with E-state index in [4.69, 9.17) is 0 Å². The largest absolute Gasteiger partial charge is 0.352 e. The fourth-order valence-electron chi connectivity index (χ4n) is 3.08. The highest BCUT2D eigenvalue weighted by molar-refractivity contribution is 14.0. The van der Waals surface area contributed by atoms with Crippen LogP contribution in [0.2, 0.25) is 0 Å². The molecule has 4 nitrogen and oxygen atoms in total. The van der Waals surface area contributed by atoms with Crippen LogP contribution >= 0.6 is 24.0 Å². The van der Waals surface area contributed by atoms with Crippen molar-refractivity contribution in [1.82, 2.24) is 15.1 Å². The van der Waals surface area contributed by atoms with Crippen LogP contribution in [0, 0.1) is 5.41 Å². The minimum Gasteiger partial charge on any atom is -0.352 e. The second-order valence-electron chi connectivity index (χ2n) is 7.99. The SMILES string of the molecule is CN=C(NCc1cccc(CN(C)C)c1)N1CC(C)(C)C1(C)C.I. The highest BCUT2D eigenvalue weighted by Gasteiger charge is 2.53. The van der Waals surface area contributed by atoms with Gasteiger partial charge in [-0.2, -0.15) is 0 Å². The number of hydrogen-bond donors (Lipinski definition) is 1. The van der Waals surface area contributed by atoms with E-state index in [1.165, 1.54) is 11.1 Å². The van der Waals surface area contributed by atoms with Crippen LogP contribution in [0.25, 0.3) is 0 Å². The third-order valence-electron chi connectivity index (χ3n) is 5.29. The summed E-state index contributed by atoms with van der Waals surface area (Å²) >= 11 is 0. The summed E-state index contributed by atoms with van der Waals surface area (Å²) in [5.74, 6) is 0.993. The van der Waals surface area contributed by atoms with Crippen LogP contribution in [-0.2, 0) is 13.1 Å². The van der Waals surface area contributed by atoms with E-state index in [2.05, 4.69) is 86.2 Å². The molecule has 1 aromatic carbocycles. The number of rotatable bonds is 4. The van der Waals surface area contributed by atoms with Crippen LogP contribution < -0.4 is 5.32 Å². The smallest absolute Gasteiger partial charge is 0.194 e. The Morgan fingerprint density at radius 1 is 1.21 bits per heavy atom. The van der Waals surface area contributed by atoms with Gasteiger partial charge in [0.2, 0.25) is 0 Å². The molecule has 0 bridgehead atoms. The van der Waals surface area contributed by atoms with E-state index in [9.17, 15) is 0 Å². The molecule has 5 heteroatoms. The summed E-state index contributed by atoms with van der Waals surface area (Å²) in [6.07, 6.45) is 0. The molecule has 0 atom stereocenters. The summed E-state index contributed by atoms with van der Waals surface area (Å²) in [5.41, 5.74) is 3.08. The maximum absolute atomic E-state index is 4.48. The van der Waals surface area contributed by atoms with E-state index in [0.29, 0.717) is 5.41 Å². The highest BCUT2D eigenvalue weighted by atomic mass is 127. The second kappa shape index (κ2) is 8.04. The summed E-state index contributed by atoms with van der Waals surface area (Å²) in [6.45, 7) is 12.0. The first kappa shape index (κ1) is 21.2. The molecule has 1 aliphatic rings. The molecule has 1 N–H and O–H groups in total. The fourth-order valence-corrected chi connectivity index (χ4v) is 3.08. The summed E-state index contributed by atoms with van der Waals surface area (Å²) in [6, 6.07) is 8.75. The van der Waals surface area contributed by atoms with Gasteiger partial charge in [0, 0.05) is 37.6 Å². The van der Waals surface area contributed by atoms with E-state index < -0.39 is 0 Å². The third-order valence-corrected chi connectivity index (χ3v) is 5.29. The van der Waals surface area contributed by atoms with Gasteiger partial charge in [-0.25, -0.2) is 0 Å². The average molecular weight is 444 g/mol. The molecule has 24 heavy (non-hydrogen) atoms. The van der Waals surface area contributed by atoms with Crippen LogP contribution in [-0.4, -0.2) is 49.0 Å². The average Bonchev–Trinajstić information content (AvgIpc) is 2.46. The molecule has 0 unspecified atom stereocenters. The lowest BCUT2D eigenvalue weighted by Gasteiger charge is -2.62. The number of nitrogens with zero attached hydrogens (tertiary/aromatic N) is 3. The number of benzene rings is 1. The molecule has 0 radical (unpaired) electrons. The molecular weight excluding hydrogens is 411 g/mol. The van der Waals surface area contributed by atoms with Crippen molar-refractivity contribution in [3.63, 3.8) is 0 Å². The van der Waals surface area contributed by atoms with Crippen LogP contribution in [0.4, 0.5) is 0 Å². The van der Waals surface area contributed by atoms with Crippen molar-refractivity contribution in [3.8, 4) is 0 Å². The highest BCUT2D eigenvalue weighted by Crippen LogP contribution is 2.46. The van der Waals surface area contributed by atoms with Gasteiger partial charge in [0.15, 0.2) is 5.96 Å². The maximum atomic E-state index is 4.48. The fraction of sp³-hybridized carbons (Fsp3) is 0.632. The van der Waals surface area contributed by atoms with Gasteiger partial charge in [0.25, 0.3) is 0 Å². The van der Waals surface area contributed by atoms with Crippen molar-refractivity contribution in [3.05, 3.63) is 35.4 Å². The molecule has 0 aliphatic carbocycles. The normalized spacial score (nSPS) is 18.8. The molecule has 0 saturated carbocycles. The van der Waals surface area contributed by atoms with Gasteiger partial charge in [-0.3, -0.25) is 4.99 Å². The van der Waals surface area contributed by atoms with Gasteiger partial charge in [0.05, 0.1) is 0 Å². The van der Waals surface area contributed by atoms with Gasteiger partial charge < -0.3 is 15.1 Å². The predicted molar refractivity (Wildman–Crippen MR) is 114 cm³/mol. The third kappa shape index (κ3) is 4.42. The Hall–Kier alpha value is -0.820. The molecule has 2 rings (SSSR count). The minimum atomic E-state index is 0. The number of guanidine groups is 1. The Morgan fingerprint density at radius 3 is 2.33 bits per heavy atom. The zero-order chi connectivity index (χ0) is 17.3. The van der Waals surface area contributed by atoms with Crippen LogP contribution in [0.15, 0.2) is 29.3 Å². The second-order valence-corrected chi connectivity index (χ2v) is 7.99. The zero-order valence-corrected chi connectivity index (χ0v) is 18.5. The molecule has 0 aromatic heterocycles. The molecular formula is C19H33IN4. The lowest BCUT2D eigenvalue weighted by molar-refractivity contribution is -0.0667. The molecule has 1 aliphatic heterocycles. The lowest BCUT2D eigenvalue weighted by atomic mass is 9.65. The lowest BCUT2D eigenvalue weighted by Crippen LogP contribution is -2.72. The van der Waals surface area contributed by atoms with Gasteiger partial charge in [-0.05, 0) is 39.1 Å². The van der Waals surface area contributed by atoms with E-state index in [0.717, 1.165) is 25.6 Å². The molecule has 1 heterocycles. The Balaban J connectivity index is 0.00000288. The van der Waals surface area contributed by atoms with Gasteiger partial charge in [-0.15, -0.1) is 24.0 Å². The minimum absolute atomic E-state index is 0. The number of halogens is 1. The number of nitrogens with one attached hydrogen (secondary N) is 1. The van der Waals surface area contributed by atoms with E-state index >= 15 is 0 Å². The van der Waals surface area contributed by atoms with E-state index in [1.54, 1.807) is 0 Å². The molecule has 0 amide bonds. The number of hydrogen-bond acceptors (Lipinski definition) is 2. The molecule has 1 fully saturated rings. The summed E-state index contributed by atoms with van der Waals surface area (Å²) in [7, 11) is 6.06. The van der Waals surface area contributed by atoms with Gasteiger partial charge in [0.1, 0.15) is 0 Å². The van der Waals surface area contributed by atoms with Crippen molar-refractivity contribution >= 4 is 29.9 Å². The number of likely N-dealkylation sites (tertiary alicyclic amines) is 1. The zero-order valence-electron chi connectivity index (χ0n) is 16.2. The topological polar surface area (TPSA) is 30.9 Å². The van der Waals surface area contributed by atoms with Crippen molar-refractivity contribution in [1.29, 1.82) is 0 Å². The van der Waals surface area contributed by atoms with Gasteiger partial charge in [-0.1, -0.05) is 38.1 Å².